The van der Waals surface area contributed by atoms with Gasteiger partial charge < -0.3 is 10.2 Å². The molecule has 0 spiro atoms. The van der Waals surface area contributed by atoms with Gasteiger partial charge in [0.25, 0.3) is 11.6 Å². The van der Waals surface area contributed by atoms with Crippen LogP contribution < -0.4 is 10.2 Å². The van der Waals surface area contributed by atoms with Crippen molar-refractivity contribution in [3.63, 3.8) is 0 Å². The third-order valence-electron chi connectivity index (χ3n) is 4.77. The van der Waals surface area contributed by atoms with E-state index in [9.17, 15) is 24.1 Å². The zero-order chi connectivity index (χ0) is 20.4. The zero-order valence-electron chi connectivity index (χ0n) is 15.5. The number of hydrogen-bond acceptors (Lipinski definition) is 4. The number of benzene rings is 2. The van der Waals surface area contributed by atoms with Crippen molar-refractivity contribution in [1.29, 1.82) is 0 Å². The van der Waals surface area contributed by atoms with E-state index in [1.54, 1.807) is 19.9 Å². The maximum atomic E-state index is 13.1. The molecule has 2 aromatic carbocycles. The molecule has 1 N–H and O–H groups in total. The van der Waals surface area contributed by atoms with Gasteiger partial charge in [0.15, 0.2) is 0 Å². The highest BCUT2D eigenvalue weighted by atomic mass is 19.1. The lowest BCUT2D eigenvalue weighted by Crippen LogP contribution is -2.51. The molecule has 2 aromatic rings. The van der Waals surface area contributed by atoms with E-state index >= 15 is 0 Å². The van der Waals surface area contributed by atoms with E-state index in [2.05, 4.69) is 5.32 Å². The van der Waals surface area contributed by atoms with Gasteiger partial charge in [-0.15, -0.1) is 0 Å². The van der Waals surface area contributed by atoms with E-state index in [1.807, 2.05) is 0 Å². The number of hydrogen-bond donors (Lipinski definition) is 1. The van der Waals surface area contributed by atoms with Crippen LogP contribution in [0.25, 0.3) is 0 Å². The molecule has 28 heavy (non-hydrogen) atoms. The Morgan fingerprint density at radius 1 is 1.18 bits per heavy atom. The van der Waals surface area contributed by atoms with Crippen molar-refractivity contribution >= 4 is 23.2 Å². The predicted octanol–water partition coefficient (Wildman–Crippen LogP) is 3.08. The first kappa shape index (κ1) is 19.5. The first-order valence-corrected chi connectivity index (χ1v) is 8.93. The lowest BCUT2D eigenvalue weighted by Gasteiger charge is -2.27. The number of carbonyl (C=O) groups is 2. The van der Waals surface area contributed by atoms with Crippen molar-refractivity contribution in [1.82, 2.24) is 5.32 Å². The van der Waals surface area contributed by atoms with Gasteiger partial charge in [0.2, 0.25) is 5.91 Å². The molecule has 146 valence electrons. The zero-order valence-corrected chi connectivity index (χ0v) is 15.5. The van der Waals surface area contributed by atoms with Crippen LogP contribution in [0.2, 0.25) is 0 Å². The van der Waals surface area contributed by atoms with Crippen molar-refractivity contribution in [3.8, 4) is 0 Å². The Kier molecular flexibility index (Phi) is 5.39. The number of fused-ring (bicyclic) bond motifs is 1. The molecular formula is C20H20FN3O4. The summed E-state index contributed by atoms with van der Waals surface area (Å²) in [4.78, 5) is 37.7. The van der Waals surface area contributed by atoms with Gasteiger partial charge in [-0.05, 0) is 42.2 Å². The molecule has 0 saturated heterocycles. The van der Waals surface area contributed by atoms with Crippen LogP contribution in [0.15, 0.2) is 42.5 Å². The van der Waals surface area contributed by atoms with Crippen molar-refractivity contribution in [3.05, 3.63) is 69.5 Å². The average Bonchev–Trinajstić information content (AvgIpc) is 3.08. The number of amides is 2. The Balaban J connectivity index is 1.83. The summed E-state index contributed by atoms with van der Waals surface area (Å²) in [7, 11) is 0. The van der Waals surface area contributed by atoms with E-state index in [4.69, 9.17) is 0 Å². The van der Waals surface area contributed by atoms with Gasteiger partial charge >= 0.3 is 0 Å². The Labute approximate surface area is 161 Å². The fourth-order valence-electron chi connectivity index (χ4n) is 3.22. The number of anilines is 1. The fraction of sp³-hybridized carbons (Fsp3) is 0.300. The van der Waals surface area contributed by atoms with Gasteiger partial charge in [-0.25, -0.2) is 4.39 Å². The topological polar surface area (TPSA) is 92.6 Å². The highest BCUT2D eigenvalue weighted by molar-refractivity contribution is 6.03. The minimum absolute atomic E-state index is 0.0881. The molecule has 1 atom stereocenters. The third kappa shape index (κ3) is 3.85. The van der Waals surface area contributed by atoms with E-state index in [0.29, 0.717) is 18.7 Å². The number of nitro groups is 1. The first-order valence-electron chi connectivity index (χ1n) is 8.93. The van der Waals surface area contributed by atoms with Crippen LogP contribution >= 0.6 is 0 Å². The van der Waals surface area contributed by atoms with E-state index in [1.165, 1.54) is 41.3 Å². The minimum atomic E-state index is -0.817. The highest BCUT2D eigenvalue weighted by Gasteiger charge is 2.34. The van der Waals surface area contributed by atoms with Crippen LogP contribution in [-0.2, 0) is 11.2 Å². The lowest BCUT2D eigenvalue weighted by molar-refractivity contribution is -0.384. The van der Waals surface area contributed by atoms with Gasteiger partial charge in [-0.3, -0.25) is 19.7 Å². The molecule has 1 aliphatic heterocycles. The van der Waals surface area contributed by atoms with Gasteiger partial charge in [-0.2, -0.15) is 0 Å². The second-order valence-electron chi connectivity index (χ2n) is 7.01. The van der Waals surface area contributed by atoms with E-state index in [-0.39, 0.29) is 23.1 Å². The number of rotatable bonds is 5. The average molecular weight is 385 g/mol. The lowest BCUT2D eigenvalue weighted by atomic mass is 10.0. The monoisotopic (exact) mass is 385 g/mol. The largest absolute Gasteiger partial charge is 0.340 e. The van der Waals surface area contributed by atoms with Crippen LogP contribution in [0.3, 0.4) is 0 Å². The maximum Gasteiger partial charge on any atom is 0.271 e. The molecule has 3 rings (SSSR count). The SMILES string of the molecule is CC(C)C(NC(=O)c1ccc(F)cc1)C(=O)N1CCc2ccc([N+](=O)[O-])cc21. The fourth-order valence-corrected chi connectivity index (χ4v) is 3.22. The molecule has 1 heterocycles. The van der Waals surface area contributed by atoms with Crippen LogP contribution in [0.4, 0.5) is 15.8 Å². The quantitative estimate of drug-likeness (QED) is 0.632. The van der Waals surface area contributed by atoms with Crippen LogP contribution in [-0.4, -0.2) is 29.3 Å². The number of carbonyl (C=O) groups excluding carboxylic acids is 2. The Morgan fingerprint density at radius 3 is 2.46 bits per heavy atom. The standard InChI is InChI=1S/C20H20FN3O4/c1-12(2)18(22-19(25)14-3-6-15(21)7-4-14)20(26)23-10-9-13-5-8-16(24(27)28)11-17(13)23/h3-8,11-12,18H,9-10H2,1-2H3,(H,22,25). The van der Waals surface area contributed by atoms with E-state index < -0.39 is 22.7 Å². The van der Waals surface area contributed by atoms with Crippen LogP contribution in [0.5, 0.6) is 0 Å². The molecule has 2 amide bonds. The van der Waals surface area contributed by atoms with Crippen molar-refractivity contribution in [2.45, 2.75) is 26.3 Å². The Hall–Kier alpha value is -3.29. The summed E-state index contributed by atoms with van der Waals surface area (Å²) >= 11 is 0. The van der Waals surface area contributed by atoms with Crippen LogP contribution in [0, 0.1) is 21.8 Å². The molecule has 7 nitrogen and oxygen atoms in total. The number of non-ortho nitro benzene ring substituents is 1. The normalized spacial score (nSPS) is 13.9. The first-order chi connectivity index (χ1) is 13.3. The summed E-state index contributed by atoms with van der Waals surface area (Å²) in [5.74, 6) is -1.47. The van der Waals surface area contributed by atoms with Gasteiger partial charge in [0.1, 0.15) is 11.9 Å². The molecular weight excluding hydrogens is 365 g/mol. The molecule has 1 aliphatic rings. The summed E-state index contributed by atoms with van der Waals surface area (Å²) in [6.45, 7) is 4.00. The summed E-state index contributed by atoms with van der Waals surface area (Å²) < 4.78 is 13.1. The maximum absolute atomic E-state index is 13.1. The Bertz CT molecular complexity index is 928. The summed E-state index contributed by atoms with van der Waals surface area (Å²) in [6.07, 6.45) is 0.593. The summed E-state index contributed by atoms with van der Waals surface area (Å²) in [5.41, 5.74) is 1.51. The van der Waals surface area contributed by atoms with E-state index in [0.717, 1.165) is 5.56 Å². The molecule has 0 bridgehead atoms. The van der Waals surface area contributed by atoms with Crippen LogP contribution in [0.1, 0.15) is 29.8 Å². The molecule has 0 fully saturated rings. The summed E-state index contributed by atoms with van der Waals surface area (Å²) in [5, 5.41) is 13.8. The molecule has 0 saturated carbocycles. The molecule has 0 aliphatic carbocycles. The van der Waals surface area contributed by atoms with Gasteiger partial charge in [-0.1, -0.05) is 19.9 Å². The molecule has 0 aromatic heterocycles. The smallest absolute Gasteiger partial charge is 0.271 e. The Morgan fingerprint density at radius 2 is 1.86 bits per heavy atom. The van der Waals surface area contributed by atoms with Crippen molar-refractivity contribution in [2.75, 3.05) is 11.4 Å². The highest BCUT2D eigenvalue weighted by Crippen LogP contribution is 2.32. The minimum Gasteiger partial charge on any atom is -0.340 e. The number of nitro benzene ring substituents is 1. The number of halogens is 1. The molecule has 1 unspecified atom stereocenters. The predicted molar refractivity (Wildman–Crippen MR) is 102 cm³/mol. The van der Waals surface area contributed by atoms with Crippen molar-refractivity contribution in [2.24, 2.45) is 5.92 Å². The van der Waals surface area contributed by atoms with Gasteiger partial charge in [0, 0.05) is 24.2 Å². The molecule has 0 radical (unpaired) electrons. The molecule has 8 heteroatoms. The van der Waals surface area contributed by atoms with Crippen molar-refractivity contribution < 1.29 is 18.9 Å². The van der Waals surface area contributed by atoms with Gasteiger partial charge in [0.05, 0.1) is 10.6 Å². The second-order valence-corrected chi connectivity index (χ2v) is 7.01. The number of nitrogens with zero attached hydrogens (tertiary/aromatic N) is 2. The number of nitrogens with one attached hydrogen (secondary N) is 1. The third-order valence-corrected chi connectivity index (χ3v) is 4.77. The second kappa shape index (κ2) is 7.75. The summed E-state index contributed by atoms with van der Waals surface area (Å²) in [6, 6.07) is 8.70.